The van der Waals surface area contributed by atoms with Crippen LogP contribution in [0.15, 0.2) is 24.3 Å². The molecule has 0 amide bonds. The summed E-state index contributed by atoms with van der Waals surface area (Å²) in [6, 6.07) is 8.14. The van der Waals surface area contributed by atoms with Gasteiger partial charge in [-0.3, -0.25) is 5.10 Å². The number of H-pyrrole nitrogens is 1. The Balaban J connectivity index is 1.68. The highest BCUT2D eigenvalue weighted by Crippen LogP contribution is 2.33. The second-order valence-electron chi connectivity index (χ2n) is 5.19. The van der Waals surface area contributed by atoms with E-state index in [0.29, 0.717) is 17.4 Å². The molecule has 2 heterocycles. The van der Waals surface area contributed by atoms with E-state index in [1.54, 1.807) is 0 Å². The maximum atomic E-state index is 5.93. The number of nitrogens with one attached hydrogen (secondary N) is 1. The summed E-state index contributed by atoms with van der Waals surface area (Å²) in [5.41, 5.74) is 13.5. The summed E-state index contributed by atoms with van der Waals surface area (Å²) in [7, 11) is 0. The van der Waals surface area contributed by atoms with E-state index in [0.717, 1.165) is 36.8 Å². The molecule has 0 aliphatic carbocycles. The Hall–Kier alpha value is -1.88. The van der Waals surface area contributed by atoms with Gasteiger partial charge in [0.2, 0.25) is 0 Å². The molecule has 106 valence electrons. The first-order chi connectivity index (χ1) is 9.65. The van der Waals surface area contributed by atoms with Gasteiger partial charge in [-0.05, 0) is 36.5 Å². The van der Waals surface area contributed by atoms with Crippen LogP contribution in [0.2, 0.25) is 5.02 Å². The summed E-state index contributed by atoms with van der Waals surface area (Å²) >= 11 is 5.93. The summed E-state index contributed by atoms with van der Waals surface area (Å²) < 4.78 is 0. The van der Waals surface area contributed by atoms with Crippen LogP contribution in [0, 0.1) is 0 Å². The smallest absolute Gasteiger partial charge is 0.175 e. The minimum absolute atomic E-state index is 0.444. The molecule has 0 atom stereocenters. The van der Waals surface area contributed by atoms with Crippen molar-refractivity contribution in [3.63, 3.8) is 0 Å². The highest BCUT2D eigenvalue weighted by molar-refractivity contribution is 6.30. The number of aromatic amines is 1. The Morgan fingerprint density at radius 3 is 2.35 bits per heavy atom. The van der Waals surface area contributed by atoms with Gasteiger partial charge < -0.3 is 16.4 Å². The lowest BCUT2D eigenvalue weighted by Gasteiger charge is -2.32. The molecule has 1 aliphatic rings. The molecule has 1 aliphatic heterocycles. The Bertz CT molecular complexity index is 584. The average Bonchev–Trinajstić information content (AvgIpc) is 2.80. The van der Waals surface area contributed by atoms with E-state index < -0.39 is 0 Å². The molecule has 1 saturated heterocycles. The fourth-order valence-corrected chi connectivity index (χ4v) is 2.88. The van der Waals surface area contributed by atoms with Crippen molar-refractivity contribution in [2.75, 3.05) is 29.5 Å². The molecule has 1 aromatic carbocycles. The van der Waals surface area contributed by atoms with Gasteiger partial charge in [-0.25, -0.2) is 0 Å². The molecule has 0 spiro atoms. The number of halogens is 1. The summed E-state index contributed by atoms with van der Waals surface area (Å²) in [4.78, 5) is 2.19. The van der Waals surface area contributed by atoms with Crippen LogP contribution in [-0.2, 0) is 0 Å². The maximum absolute atomic E-state index is 5.93. The predicted octanol–water partition coefficient (Wildman–Crippen LogP) is 2.61. The number of piperidine rings is 1. The zero-order valence-corrected chi connectivity index (χ0v) is 11.9. The van der Waals surface area contributed by atoms with Crippen molar-refractivity contribution < 1.29 is 0 Å². The number of hydrogen-bond donors (Lipinski definition) is 3. The van der Waals surface area contributed by atoms with Crippen LogP contribution >= 0.6 is 11.6 Å². The Morgan fingerprint density at radius 1 is 1.15 bits per heavy atom. The normalized spacial score (nSPS) is 16.6. The van der Waals surface area contributed by atoms with Crippen molar-refractivity contribution in [2.24, 2.45) is 0 Å². The molecule has 3 rings (SSSR count). The molecule has 20 heavy (non-hydrogen) atoms. The Kier molecular flexibility index (Phi) is 3.44. The molecule has 6 heteroatoms. The number of anilines is 3. The summed E-state index contributed by atoms with van der Waals surface area (Å²) in [5.74, 6) is 1.79. The van der Waals surface area contributed by atoms with Gasteiger partial charge in [0.15, 0.2) is 5.82 Å². The molecule has 2 aromatic rings. The molecular formula is C14H18ClN5. The van der Waals surface area contributed by atoms with Crippen LogP contribution in [0.3, 0.4) is 0 Å². The Labute approximate surface area is 122 Å². The summed E-state index contributed by atoms with van der Waals surface area (Å²) in [6.45, 7) is 1.86. The highest BCUT2D eigenvalue weighted by Gasteiger charge is 2.23. The number of benzene rings is 1. The van der Waals surface area contributed by atoms with E-state index in [1.807, 2.05) is 12.1 Å². The van der Waals surface area contributed by atoms with E-state index in [4.69, 9.17) is 23.1 Å². The Morgan fingerprint density at radius 2 is 1.80 bits per heavy atom. The molecule has 1 aromatic heterocycles. The standard InChI is InChI=1S/C14H18ClN5/c15-11-3-1-9(2-4-11)10-5-7-20(8-6-10)14-12(16)13(17)18-19-14/h1-4,10H,5-8,16H2,(H3,17,18,19). The number of nitrogens with zero attached hydrogens (tertiary/aromatic N) is 2. The molecule has 0 bridgehead atoms. The van der Waals surface area contributed by atoms with Gasteiger partial charge in [0, 0.05) is 18.1 Å². The van der Waals surface area contributed by atoms with E-state index in [9.17, 15) is 0 Å². The number of rotatable bonds is 2. The highest BCUT2D eigenvalue weighted by atomic mass is 35.5. The fourth-order valence-electron chi connectivity index (χ4n) is 2.75. The van der Waals surface area contributed by atoms with Crippen LogP contribution in [0.25, 0.3) is 0 Å². The van der Waals surface area contributed by atoms with E-state index in [2.05, 4.69) is 27.2 Å². The number of nitrogen functional groups attached to an aromatic ring is 2. The number of hydrogen-bond acceptors (Lipinski definition) is 4. The van der Waals surface area contributed by atoms with Crippen LogP contribution in [0.4, 0.5) is 17.3 Å². The molecule has 0 unspecified atom stereocenters. The zero-order chi connectivity index (χ0) is 14.1. The second kappa shape index (κ2) is 5.25. The lowest BCUT2D eigenvalue weighted by atomic mass is 9.89. The van der Waals surface area contributed by atoms with Gasteiger partial charge in [-0.2, -0.15) is 5.10 Å². The largest absolute Gasteiger partial charge is 0.393 e. The molecule has 0 saturated carbocycles. The first-order valence-corrected chi connectivity index (χ1v) is 7.12. The third-order valence-corrected chi connectivity index (χ3v) is 4.20. The van der Waals surface area contributed by atoms with Crippen molar-refractivity contribution in [1.82, 2.24) is 10.2 Å². The van der Waals surface area contributed by atoms with Crippen LogP contribution in [-0.4, -0.2) is 23.3 Å². The molecule has 5 nitrogen and oxygen atoms in total. The van der Waals surface area contributed by atoms with Gasteiger partial charge in [0.05, 0.1) is 0 Å². The van der Waals surface area contributed by atoms with Crippen molar-refractivity contribution in [3.05, 3.63) is 34.9 Å². The van der Waals surface area contributed by atoms with Crippen molar-refractivity contribution in [3.8, 4) is 0 Å². The van der Waals surface area contributed by atoms with Gasteiger partial charge in [-0.15, -0.1) is 0 Å². The average molecular weight is 292 g/mol. The molecule has 5 N–H and O–H groups in total. The first kappa shape index (κ1) is 13.1. The maximum Gasteiger partial charge on any atom is 0.175 e. The van der Waals surface area contributed by atoms with Crippen molar-refractivity contribution >= 4 is 28.9 Å². The van der Waals surface area contributed by atoms with Gasteiger partial charge >= 0.3 is 0 Å². The summed E-state index contributed by atoms with van der Waals surface area (Å²) in [5, 5.41) is 7.69. The second-order valence-corrected chi connectivity index (χ2v) is 5.62. The lowest BCUT2D eigenvalue weighted by molar-refractivity contribution is 0.503. The van der Waals surface area contributed by atoms with Crippen molar-refractivity contribution in [2.45, 2.75) is 18.8 Å². The third-order valence-electron chi connectivity index (χ3n) is 3.95. The van der Waals surface area contributed by atoms with Crippen LogP contribution < -0.4 is 16.4 Å². The van der Waals surface area contributed by atoms with Crippen LogP contribution in [0.5, 0.6) is 0 Å². The molecule has 1 fully saturated rings. The molecule has 0 radical (unpaired) electrons. The topological polar surface area (TPSA) is 84.0 Å². The van der Waals surface area contributed by atoms with E-state index >= 15 is 0 Å². The van der Waals surface area contributed by atoms with E-state index in [1.165, 1.54) is 5.56 Å². The SMILES string of the molecule is Nc1[nH]nc(N2CCC(c3ccc(Cl)cc3)CC2)c1N. The minimum atomic E-state index is 0.444. The first-order valence-electron chi connectivity index (χ1n) is 6.75. The fraction of sp³-hybridized carbons (Fsp3) is 0.357. The predicted molar refractivity (Wildman–Crippen MR) is 83.1 cm³/mol. The van der Waals surface area contributed by atoms with E-state index in [-0.39, 0.29) is 0 Å². The van der Waals surface area contributed by atoms with Crippen LogP contribution in [0.1, 0.15) is 24.3 Å². The van der Waals surface area contributed by atoms with Gasteiger partial charge in [0.1, 0.15) is 11.5 Å². The number of aromatic nitrogens is 2. The number of nitrogens with two attached hydrogens (primary N) is 2. The lowest BCUT2D eigenvalue weighted by Crippen LogP contribution is -2.33. The quantitative estimate of drug-likeness (QED) is 0.794. The molecular weight excluding hydrogens is 274 g/mol. The zero-order valence-electron chi connectivity index (χ0n) is 11.1. The minimum Gasteiger partial charge on any atom is -0.393 e. The van der Waals surface area contributed by atoms with Gasteiger partial charge in [-0.1, -0.05) is 23.7 Å². The van der Waals surface area contributed by atoms with Gasteiger partial charge in [0.25, 0.3) is 0 Å². The third kappa shape index (κ3) is 2.41. The monoisotopic (exact) mass is 291 g/mol. The summed E-state index contributed by atoms with van der Waals surface area (Å²) in [6.07, 6.45) is 2.15. The van der Waals surface area contributed by atoms with Crippen molar-refractivity contribution in [1.29, 1.82) is 0 Å².